The second kappa shape index (κ2) is 10.9. The Bertz CT molecular complexity index is 809. The lowest BCUT2D eigenvalue weighted by molar-refractivity contribution is -0.127. The Balaban J connectivity index is 1.89. The van der Waals surface area contributed by atoms with E-state index in [2.05, 4.69) is 33.0 Å². The van der Waals surface area contributed by atoms with E-state index < -0.39 is 6.10 Å². The third kappa shape index (κ3) is 6.97. The summed E-state index contributed by atoms with van der Waals surface area (Å²) in [7, 11) is 1.62. The monoisotopic (exact) mass is 413 g/mol. The molecular formula is C25H35NO4. The van der Waals surface area contributed by atoms with Gasteiger partial charge in [-0.25, -0.2) is 0 Å². The number of carbonyl (C=O) groups is 1. The maximum Gasteiger partial charge on any atom is 0.261 e. The van der Waals surface area contributed by atoms with Crippen LogP contribution < -0.4 is 19.5 Å². The molecular weight excluding hydrogens is 378 g/mol. The Labute approximate surface area is 180 Å². The van der Waals surface area contributed by atoms with Crippen molar-refractivity contribution in [2.24, 2.45) is 0 Å². The van der Waals surface area contributed by atoms with Gasteiger partial charge in [0.25, 0.3) is 5.91 Å². The number of carbonyl (C=O) groups excluding carboxylic acids is 1. The van der Waals surface area contributed by atoms with Crippen LogP contribution in [0.1, 0.15) is 58.6 Å². The molecule has 0 spiro atoms. The van der Waals surface area contributed by atoms with Crippen molar-refractivity contribution in [3.05, 3.63) is 53.6 Å². The standard InChI is InChI=1S/C25H35NO4/c1-7-8-15-29-22-14-9-19(16-23(22)28-6)17-26-24(27)18(2)30-21-12-10-20(11-13-21)25(3,4)5/h9-14,16,18H,7-8,15,17H2,1-6H3,(H,26,27). The number of ether oxygens (including phenoxy) is 3. The number of amides is 1. The number of nitrogens with one attached hydrogen (secondary N) is 1. The molecule has 0 aromatic heterocycles. The number of rotatable bonds is 10. The third-order valence-electron chi connectivity index (χ3n) is 4.85. The van der Waals surface area contributed by atoms with Crippen molar-refractivity contribution in [1.29, 1.82) is 0 Å². The molecule has 1 N–H and O–H groups in total. The van der Waals surface area contributed by atoms with Gasteiger partial charge in [0, 0.05) is 6.54 Å². The lowest BCUT2D eigenvalue weighted by Crippen LogP contribution is -2.35. The van der Waals surface area contributed by atoms with Crippen molar-refractivity contribution in [1.82, 2.24) is 5.32 Å². The number of benzene rings is 2. The zero-order valence-electron chi connectivity index (χ0n) is 19.1. The number of methoxy groups -OCH3 is 1. The highest BCUT2D eigenvalue weighted by Crippen LogP contribution is 2.28. The Hall–Kier alpha value is -2.69. The molecule has 0 aliphatic rings. The smallest absolute Gasteiger partial charge is 0.261 e. The van der Waals surface area contributed by atoms with Gasteiger partial charge < -0.3 is 19.5 Å². The van der Waals surface area contributed by atoms with E-state index in [0.29, 0.717) is 24.7 Å². The van der Waals surface area contributed by atoms with Gasteiger partial charge in [0.2, 0.25) is 0 Å². The first-order chi connectivity index (χ1) is 14.2. The predicted molar refractivity (Wildman–Crippen MR) is 120 cm³/mol. The van der Waals surface area contributed by atoms with Crippen molar-refractivity contribution in [2.75, 3.05) is 13.7 Å². The van der Waals surface area contributed by atoms with Crippen LogP contribution in [0, 0.1) is 0 Å². The molecule has 5 heteroatoms. The van der Waals surface area contributed by atoms with Crippen LogP contribution >= 0.6 is 0 Å². The van der Waals surface area contributed by atoms with Crippen LogP contribution in [0.15, 0.2) is 42.5 Å². The van der Waals surface area contributed by atoms with Crippen molar-refractivity contribution >= 4 is 5.91 Å². The number of unbranched alkanes of at least 4 members (excludes halogenated alkanes) is 1. The highest BCUT2D eigenvalue weighted by Gasteiger charge is 2.17. The molecule has 2 aromatic rings. The van der Waals surface area contributed by atoms with Gasteiger partial charge >= 0.3 is 0 Å². The molecule has 5 nitrogen and oxygen atoms in total. The number of hydrogen-bond donors (Lipinski definition) is 1. The average molecular weight is 414 g/mol. The summed E-state index contributed by atoms with van der Waals surface area (Å²) in [5, 5.41) is 2.92. The first-order valence-corrected chi connectivity index (χ1v) is 10.6. The van der Waals surface area contributed by atoms with E-state index in [4.69, 9.17) is 14.2 Å². The molecule has 2 aromatic carbocycles. The zero-order chi connectivity index (χ0) is 22.1. The summed E-state index contributed by atoms with van der Waals surface area (Å²) in [5.41, 5.74) is 2.24. The van der Waals surface area contributed by atoms with Gasteiger partial charge in [0.05, 0.1) is 13.7 Å². The minimum Gasteiger partial charge on any atom is -0.493 e. The van der Waals surface area contributed by atoms with Gasteiger partial charge in [0.15, 0.2) is 17.6 Å². The van der Waals surface area contributed by atoms with Crippen molar-refractivity contribution in [2.45, 2.75) is 65.5 Å². The fourth-order valence-electron chi connectivity index (χ4n) is 2.89. The van der Waals surface area contributed by atoms with Crippen LogP contribution in [-0.4, -0.2) is 25.7 Å². The molecule has 1 atom stereocenters. The van der Waals surface area contributed by atoms with E-state index in [1.54, 1.807) is 14.0 Å². The summed E-state index contributed by atoms with van der Waals surface area (Å²) >= 11 is 0. The maximum absolute atomic E-state index is 12.5. The van der Waals surface area contributed by atoms with Crippen LogP contribution in [0.2, 0.25) is 0 Å². The molecule has 0 heterocycles. The molecule has 0 bridgehead atoms. The average Bonchev–Trinajstić information content (AvgIpc) is 2.72. The van der Waals surface area contributed by atoms with Gasteiger partial charge in [-0.2, -0.15) is 0 Å². The van der Waals surface area contributed by atoms with Crippen molar-refractivity contribution < 1.29 is 19.0 Å². The van der Waals surface area contributed by atoms with Crippen LogP contribution in [0.25, 0.3) is 0 Å². The molecule has 0 fully saturated rings. The highest BCUT2D eigenvalue weighted by atomic mass is 16.5. The Morgan fingerprint density at radius 3 is 2.37 bits per heavy atom. The molecule has 1 unspecified atom stereocenters. The van der Waals surface area contributed by atoms with Gasteiger partial charge in [-0.1, -0.05) is 52.3 Å². The van der Waals surface area contributed by atoms with Gasteiger partial charge in [-0.3, -0.25) is 4.79 Å². The van der Waals surface area contributed by atoms with E-state index in [-0.39, 0.29) is 11.3 Å². The fraction of sp³-hybridized carbons (Fsp3) is 0.480. The minimum absolute atomic E-state index is 0.0825. The molecule has 164 valence electrons. The first-order valence-electron chi connectivity index (χ1n) is 10.6. The van der Waals surface area contributed by atoms with Gasteiger partial charge in [-0.15, -0.1) is 0 Å². The lowest BCUT2D eigenvalue weighted by Gasteiger charge is -2.20. The first kappa shape index (κ1) is 23.6. The second-order valence-corrected chi connectivity index (χ2v) is 8.44. The lowest BCUT2D eigenvalue weighted by atomic mass is 9.87. The van der Waals surface area contributed by atoms with Crippen LogP contribution in [0.5, 0.6) is 17.2 Å². The Morgan fingerprint density at radius 2 is 1.77 bits per heavy atom. The topological polar surface area (TPSA) is 56.8 Å². The summed E-state index contributed by atoms with van der Waals surface area (Å²) in [4.78, 5) is 12.5. The molecule has 2 rings (SSSR count). The van der Waals surface area contributed by atoms with E-state index in [9.17, 15) is 4.79 Å². The maximum atomic E-state index is 12.5. The van der Waals surface area contributed by atoms with Crippen molar-refractivity contribution in [3.8, 4) is 17.2 Å². The van der Waals surface area contributed by atoms with E-state index >= 15 is 0 Å². The Kier molecular flexibility index (Phi) is 8.58. The number of hydrogen-bond acceptors (Lipinski definition) is 4. The molecule has 0 radical (unpaired) electrons. The van der Waals surface area contributed by atoms with Crippen molar-refractivity contribution in [3.63, 3.8) is 0 Å². The third-order valence-corrected chi connectivity index (χ3v) is 4.85. The van der Waals surface area contributed by atoms with E-state index in [1.165, 1.54) is 5.56 Å². The molecule has 0 saturated carbocycles. The largest absolute Gasteiger partial charge is 0.493 e. The molecule has 0 aliphatic carbocycles. The summed E-state index contributed by atoms with van der Waals surface area (Å²) in [6.45, 7) is 11.4. The SMILES string of the molecule is CCCCOc1ccc(CNC(=O)C(C)Oc2ccc(C(C)(C)C)cc2)cc1OC. The molecule has 30 heavy (non-hydrogen) atoms. The summed E-state index contributed by atoms with van der Waals surface area (Å²) in [6.07, 6.45) is 1.48. The van der Waals surface area contributed by atoms with Gasteiger partial charge in [-0.05, 0) is 54.2 Å². The summed E-state index contributed by atoms with van der Waals surface area (Å²) in [5.74, 6) is 1.90. The molecule has 0 saturated heterocycles. The molecule has 0 aliphatic heterocycles. The predicted octanol–water partition coefficient (Wildman–Crippen LogP) is 5.26. The summed E-state index contributed by atoms with van der Waals surface area (Å²) in [6, 6.07) is 13.6. The molecule has 1 amide bonds. The zero-order valence-corrected chi connectivity index (χ0v) is 19.1. The summed E-state index contributed by atoms with van der Waals surface area (Å²) < 4.78 is 17.0. The van der Waals surface area contributed by atoms with Crippen LogP contribution in [0.3, 0.4) is 0 Å². The van der Waals surface area contributed by atoms with Crippen LogP contribution in [0.4, 0.5) is 0 Å². The second-order valence-electron chi connectivity index (χ2n) is 8.44. The van der Waals surface area contributed by atoms with E-state index in [1.807, 2.05) is 42.5 Å². The van der Waals surface area contributed by atoms with Gasteiger partial charge in [0.1, 0.15) is 5.75 Å². The van der Waals surface area contributed by atoms with Crippen LogP contribution in [-0.2, 0) is 16.8 Å². The quantitative estimate of drug-likeness (QED) is 0.540. The Morgan fingerprint density at radius 1 is 1.07 bits per heavy atom. The highest BCUT2D eigenvalue weighted by molar-refractivity contribution is 5.80. The van der Waals surface area contributed by atoms with E-state index in [0.717, 1.165) is 24.2 Å². The normalized spacial score (nSPS) is 12.2. The minimum atomic E-state index is -0.593. The fourth-order valence-corrected chi connectivity index (χ4v) is 2.89.